The molecule has 128 valence electrons. The normalized spacial score (nSPS) is 18.7. The molecule has 0 saturated carbocycles. The maximum Gasteiger partial charge on any atom is 0.245 e. The molecular weight excluding hydrogens is 326 g/mol. The van der Waals surface area contributed by atoms with Crippen molar-refractivity contribution in [2.45, 2.75) is 31.2 Å². The zero-order valence-electron chi connectivity index (χ0n) is 14.1. The number of para-hydroxylation sites is 1. The van der Waals surface area contributed by atoms with E-state index in [9.17, 15) is 13.2 Å². The lowest BCUT2D eigenvalue weighted by molar-refractivity contribution is -0.132. The Kier molecular flexibility index (Phi) is 4.09. The van der Waals surface area contributed by atoms with E-state index in [4.69, 9.17) is 0 Å². The van der Waals surface area contributed by atoms with E-state index in [0.717, 1.165) is 10.9 Å². The molecular formula is C17H21N3O3S. The maximum atomic E-state index is 13.1. The lowest BCUT2D eigenvalue weighted by atomic mass is 10.0. The van der Waals surface area contributed by atoms with E-state index < -0.39 is 15.6 Å². The molecule has 1 amide bonds. The van der Waals surface area contributed by atoms with E-state index in [0.29, 0.717) is 13.1 Å². The Labute approximate surface area is 142 Å². The van der Waals surface area contributed by atoms with E-state index in [1.807, 2.05) is 38.1 Å². The maximum absolute atomic E-state index is 13.1. The lowest BCUT2D eigenvalue weighted by Crippen LogP contribution is -2.61. The number of sulfonamides is 1. The Morgan fingerprint density at radius 3 is 2.58 bits per heavy atom. The minimum Gasteiger partial charge on any atom is -0.340 e. The summed E-state index contributed by atoms with van der Waals surface area (Å²) in [5.74, 6) is -0.0347. The second kappa shape index (κ2) is 5.82. The molecule has 7 heteroatoms. The number of amides is 1. The van der Waals surface area contributed by atoms with Crippen LogP contribution in [0.3, 0.4) is 0 Å². The first-order valence-electron chi connectivity index (χ1n) is 7.85. The number of rotatable bonds is 2. The minimum atomic E-state index is -3.68. The molecule has 1 fully saturated rings. The van der Waals surface area contributed by atoms with Crippen LogP contribution >= 0.6 is 0 Å². The van der Waals surface area contributed by atoms with Crippen molar-refractivity contribution in [3.05, 3.63) is 36.5 Å². The van der Waals surface area contributed by atoms with Gasteiger partial charge in [-0.1, -0.05) is 18.2 Å². The molecule has 0 atom stereocenters. The van der Waals surface area contributed by atoms with E-state index in [1.54, 1.807) is 11.0 Å². The average Bonchev–Trinajstić information content (AvgIpc) is 2.53. The average molecular weight is 347 g/mol. The predicted octanol–water partition coefficient (Wildman–Crippen LogP) is 1.87. The van der Waals surface area contributed by atoms with Gasteiger partial charge in [-0.15, -0.1) is 0 Å². The Morgan fingerprint density at radius 2 is 1.92 bits per heavy atom. The van der Waals surface area contributed by atoms with Crippen LogP contribution in [0.15, 0.2) is 41.4 Å². The smallest absolute Gasteiger partial charge is 0.245 e. The number of piperazine rings is 1. The molecule has 0 bridgehead atoms. The highest BCUT2D eigenvalue weighted by Gasteiger charge is 2.42. The van der Waals surface area contributed by atoms with Crippen molar-refractivity contribution in [3.8, 4) is 0 Å². The first-order chi connectivity index (χ1) is 11.2. The van der Waals surface area contributed by atoms with Crippen molar-refractivity contribution in [2.75, 3.05) is 19.6 Å². The molecule has 6 nitrogen and oxygen atoms in total. The number of carbonyl (C=O) groups excluding carboxylic acids is 1. The lowest BCUT2D eigenvalue weighted by Gasteiger charge is -2.45. The summed E-state index contributed by atoms with van der Waals surface area (Å²) in [6.45, 7) is 6.25. The third-order valence-corrected chi connectivity index (χ3v) is 6.50. The molecule has 24 heavy (non-hydrogen) atoms. The first kappa shape index (κ1) is 16.9. The van der Waals surface area contributed by atoms with E-state index in [1.165, 1.54) is 17.4 Å². The number of benzene rings is 1. The third-order valence-electron chi connectivity index (χ3n) is 4.42. The van der Waals surface area contributed by atoms with Gasteiger partial charge >= 0.3 is 0 Å². The predicted molar refractivity (Wildman–Crippen MR) is 92.0 cm³/mol. The van der Waals surface area contributed by atoms with Gasteiger partial charge in [0.25, 0.3) is 0 Å². The van der Waals surface area contributed by atoms with Crippen molar-refractivity contribution < 1.29 is 13.2 Å². The highest BCUT2D eigenvalue weighted by atomic mass is 32.2. The molecule has 1 aromatic heterocycles. The van der Waals surface area contributed by atoms with Crippen LogP contribution in [0.4, 0.5) is 0 Å². The van der Waals surface area contributed by atoms with Gasteiger partial charge in [0.15, 0.2) is 0 Å². The van der Waals surface area contributed by atoms with E-state index >= 15 is 0 Å². The van der Waals surface area contributed by atoms with E-state index in [-0.39, 0.29) is 17.3 Å². The Hall–Kier alpha value is -1.99. The SMILES string of the molecule is CC(=O)N1CCN(S(=O)(=O)c2cnc3ccccc3c2)C(C)(C)C1. The molecule has 1 saturated heterocycles. The molecule has 0 N–H and O–H groups in total. The molecule has 2 aromatic rings. The van der Waals surface area contributed by atoms with Crippen LogP contribution in [-0.2, 0) is 14.8 Å². The zero-order valence-corrected chi connectivity index (χ0v) is 14.9. The Balaban J connectivity index is 1.98. The van der Waals surface area contributed by atoms with Gasteiger partial charge < -0.3 is 4.90 Å². The number of fused-ring (bicyclic) bond motifs is 1. The van der Waals surface area contributed by atoms with Gasteiger partial charge in [0.1, 0.15) is 4.90 Å². The number of hydrogen-bond donors (Lipinski definition) is 0. The quantitative estimate of drug-likeness (QED) is 0.831. The summed E-state index contributed by atoms with van der Waals surface area (Å²) >= 11 is 0. The highest BCUT2D eigenvalue weighted by molar-refractivity contribution is 7.89. The largest absolute Gasteiger partial charge is 0.340 e. The van der Waals surface area contributed by atoms with Crippen LogP contribution in [0.5, 0.6) is 0 Å². The number of nitrogens with zero attached hydrogens (tertiary/aromatic N) is 3. The molecule has 2 heterocycles. The van der Waals surface area contributed by atoms with Gasteiger partial charge in [-0.05, 0) is 26.0 Å². The van der Waals surface area contributed by atoms with Gasteiger partial charge in [-0.25, -0.2) is 8.42 Å². The van der Waals surface area contributed by atoms with Gasteiger partial charge in [0, 0.05) is 43.7 Å². The van der Waals surface area contributed by atoms with Crippen molar-refractivity contribution in [2.24, 2.45) is 0 Å². The second-order valence-electron chi connectivity index (χ2n) is 6.69. The van der Waals surface area contributed by atoms with Crippen molar-refractivity contribution in [3.63, 3.8) is 0 Å². The van der Waals surface area contributed by atoms with Crippen LogP contribution in [0.2, 0.25) is 0 Å². The molecule has 0 aliphatic carbocycles. The topological polar surface area (TPSA) is 70.6 Å². The fourth-order valence-corrected chi connectivity index (χ4v) is 4.92. The molecule has 1 aromatic carbocycles. The summed E-state index contributed by atoms with van der Waals surface area (Å²) in [4.78, 5) is 17.7. The molecule has 0 spiro atoms. The summed E-state index contributed by atoms with van der Waals surface area (Å²) in [6, 6.07) is 9.08. The van der Waals surface area contributed by atoms with Gasteiger partial charge in [-0.2, -0.15) is 4.31 Å². The fourth-order valence-electron chi connectivity index (χ4n) is 3.17. The monoisotopic (exact) mass is 347 g/mol. The standard InChI is InChI=1S/C17H21N3O3S/c1-13(21)19-8-9-20(17(2,3)12-19)24(22,23)15-10-14-6-4-5-7-16(14)18-11-15/h4-7,10-11H,8-9,12H2,1-3H3. The van der Waals surface area contributed by atoms with Crippen molar-refractivity contribution in [1.82, 2.24) is 14.2 Å². The molecule has 0 unspecified atom stereocenters. The zero-order chi connectivity index (χ0) is 17.5. The first-order valence-corrected chi connectivity index (χ1v) is 9.29. The van der Waals surface area contributed by atoms with Gasteiger partial charge in [0.2, 0.25) is 15.9 Å². The van der Waals surface area contributed by atoms with Crippen LogP contribution in [0.1, 0.15) is 20.8 Å². The fraction of sp³-hybridized carbons (Fsp3) is 0.412. The van der Waals surface area contributed by atoms with E-state index in [2.05, 4.69) is 4.98 Å². The van der Waals surface area contributed by atoms with Crippen LogP contribution in [0.25, 0.3) is 10.9 Å². The van der Waals surface area contributed by atoms with Crippen molar-refractivity contribution >= 4 is 26.8 Å². The summed E-state index contributed by atoms with van der Waals surface area (Å²) < 4.78 is 27.7. The molecule has 0 radical (unpaired) electrons. The van der Waals surface area contributed by atoms with Gasteiger partial charge in [-0.3, -0.25) is 9.78 Å². The number of carbonyl (C=O) groups is 1. The minimum absolute atomic E-state index is 0.0347. The Morgan fingerprint density at radius 1 is 1.21 bits per heavy atom. The number of pyridine rings is 1. The van der Waals surface area contributed by atoms with Crippen LogP contribution in [-0.4, -0.2) is 53.7 Å². The summed E-state index contributed by atoms with van der Waals surface area (Å²) in [5.41, 5.74) is 0.0890. The van der Waals surface area contributed by atoms with Crippen molar-refractivity contribution in [1.29, 1.82) is 0 Å². The van der Waals surface area contributed by atoms with Crippen LogP contribution in [0, 0.1) is 0 Å². The third kappa shape index (κ3) is 2.89. The van der Waals surface area contributed by atoms with Crippen LogP contribution < -0.4 is 0 Å². The summed E-state index contributed by atoms with van der Waals surface area (Å²) in [6.07, 6.45) is 1.41. The number of aromatic nitrogens is 1. The highest BCUT2D eigenvalue weighted by Crippen LogP contribution is 2.29. The molecule has 1 aliphatic heterocycles. The summed E-state index contributed by atoms with van der Waals surface area (Å²) in [7, 11) is -3.68. The molecule has 3 rings (SSSR count). The van der Waals surface area contributed by atoms with Gasteiger partial charge in [0.05, 0.1) is 5.52 Å². The Bertz CT molecular complexity index is 893. The second-order valence-corrected chi connectivity index (χ2v) is 8.56. The summed E-state index contributed by atoms with van der Waals surface area (Å²) in [5, 5.41) is 0.791. The molecule has 1 aliphatic rings. The number of hydrogen-bond acceptors (Lipinski definition) is 4.